The quantitative estimate of drug-likeness (QED) is 0.658. The Morgan fingerprint density at radius 2 is 1.70 bits per heavy atom. The molecule has 0 unspecified atom stereocenters. The summed E-state index contributed by atoms with van der Waals surface area (Å²) in [6.45, 7) is 1.95. The van der Waals surface area contributed by atoms with Crippen LogP contribution in [0.25, 0.3) is 10.8 Å². The molecule has 100 valence electrons. The van der Waals surface area contributed by atoms with Crippen LogP contribution < -0.4 is 10.5 Å². The molecule has 0 amide bonds. The molecule has 0 spiro atoms. The molecule has 0 aliphatic rings. The van der Waals surface area contributed by atoms with E-state index in [0.717, 1.165) is 22.4 Å². The van der Waals surface area contributed by atoms with Crippen molar-refractivity contribution in [2.24, 2.45) is 0 Å². The lowest BCUT2D eigenvalue weighted by Gasteiger charge is -2.11. The Morgan fingerprint density at radius 3 is 2.50 bits per heavy atom. The van der Waals surface area contributed by atoms with E-state index in [1.165, 1.54) is 5.39 Å². The molecule has 0 radical (unpaired) electrons. The molecule has 2 N–H and O–H groups in total. The highest BCUT2D eigenvalue weighted by atomic mass is 35.5. The van der Waals surface area contributed by atoms with Crippen LogP contribution in [0.1, 0.15) is 5.56 Å². The summed E-state index contributed by atoms with van der Waals surface area (Å²) in [5.74, 6) is 1.51. The van der Waals surface area contributed by atoms with Crippen LogP contribution in [0.5, 0.6) is 11.5 Å². The van der Waals surface area contributed by atoms with E-state index in [1.807, 2.05) is 43.3 Å². The minimum absolute atomic E-state index is 0.506. The normalized spacial score (nSPS) is 10.7. The molecule has 0 aliphatic heterocycles. The Balaban J connectivity index is 1.99. The molecule has 3 heteroatoms. The first-order chi connectivity index (χ1) is 9.63. The van der Waals surface area contributed by atoms with Crippen LogP contribution in [-0.4, -0.2) is 0 Å². The Hall–Kier alpha value is -2.19. The number of nitrogens with two attached hydrogens (primary N) is 1. The smallest absolute Gasteiger partial charge is 0.131 e. The molecule has 20 heavy (non-hydrogen) atoms. The van der Waals surface area contributed by atoms with Gasteiger partial charge in [0.2, 0.25) is 0 Å². The van der Waals surface area contributed by atoms with Crippen LogP contribution in [0.2, 0.25) is 5.02 Å². The second-order valence-corrected chi connectivity index (χ2v) is 5.16. The molecule has 3 aromatic carbocycles. The highest BCUT2D eigenvalue weighted by Gasteiger charge is 2.06. The summed E-state index contributed by atoms with van der Waals surface area (Å²) in [6, 6.07) is 17.7. The standard InChI is InChI=1S/C17H14ClNO/c1-11-8-16(19)15(18)10-17(11)20-14-7-6-12-4-2-3-5-13(12)9-14/h2-10H,19H2,1H3. The van der Waals surface area contributed by atoms with Gasteiger partial charge in [0.1, 0.15) is 11.5 Å². The van der Waals surface area contributed by atoms with Gasteiger partial charge in [-0.1, -0.05) is 41.9 Å². The number of hydrogen-bond donors (Lipinski definition) is 1. The third-order valence-electron chi connectivity index (χ3n) is 3.24. The van der Waals surface area contributed by atoms with Crippen molar-refractivity contribution in [1.29, 1.82) is 0 Å². The fourth-order valence-electron chi connectivity index (χ4n) is 2.15. The first kappa shape index (κ1) is 12.8. The van der Waals surface area contributed by atoms with Crippen LogP contribution in [0.3, 0.4) is 0 Å². The third kappa shape index (κ3) is 2.43. The molecule has 3 aromatic rings. The first-order valence-corrected chi connectivity index (χ1v) is 6.73. The predicted octanol–water partition coefficient (Wildman–Crippen LogP) is 5.18. The van der Waals surface area contributed by atoms with E-state index in [2.05, 4.69) is 12.1 Å². The van der Waals surface area contributed by atoms with E-state index in [1.54, 1.807) is 6.07 Å². The van der Waals surface area contributed by atoms with Crippen molar-refractivity contribution >= 4 is 28.1 Å². The number of ether oxygens (including phenoxy) is 1. The maximum Gasteiger partial charge on any atom is 0.131 e. The maximum absolute atomic E-state index is 6.04. The van der Waals surface area contributed by atoms with Gasteiger partial charge in [0.25, 0.3) is 0 Å². The SMILES string of the molecule is Cc1cc(N)c(Cl)cc1Oc1ccc2ccccc2c1. The number of anilines is 1. The summed E-state index contributed by atoms with van der Waals surface area (Å²) in [6.07, 6.45) is 0. The molecule has 0 heterocycles. The summed E-state index contributed by atoms with van der Waals surface area (Å²) in [4.78, 5) is 0. The van der Waals surface area contributed by atoms with Gasteiger partial charge in [-0.05, 0) is 41.5 Å². The van der Waals surface area contributed by atoms with Crippen molar-refractivity contribution in [3.05, 3.63) is 65.2 Å². The summed E-state index contributed by atoms with van der Waals surface area (Å²) < 4.78 is 5.91. The maximum atomic E-state index is 6.04. The largest absolute Gasteiger partial charge is 0.457 e. The molecule has 3 rings (SSSR count). The molecular weight excluding hydrogens is 270 g/mol. The van der Waals surface area contributed by atoms with Gasteiger partial charge in [-0.2, -0.15) is 0 Å². The summed E-state index contributed by atoms with van der Waals surface area (Å²) in [7, 11) is 0. The highest BCUT2D eigenvalue weighted by Crippen LogP contribution is 2.32. The van der Waals surface area contributed by atoms with Crippen molar-refractivity contribution in [1.82, 2.24) is 0 Å². The lowest BCUT2D eigenvalue weighted by atomic mass is 10.1. The van der Waals surface area contributed by atoms with Crippen LogP contribution in [0, 0.1) is 6.92 Å². The second-order valence-electron chi connectivity index (χ2n) is 4.75. The molecule has 0 saturated carbocycles. The number of nitrogen functional groups attached to an aromatic ring is 1. The topological polar surface area (TPSA) is 35.2 Å². The van der Waals surface area contributed by atoms with Crippen molar-refractivity contribution < 1.29 is 4.74 Å². The lowest BCUT2D eigenvalue weighted by Crippen LogP contribution is -1.92. The molecule has 0 saturated heterocycles. The molecule has 2 nitrogen and oxygen atoms in total. The first-order valence-electron chi connectivity index (χ1n) is 6.36. The van der Waals surface area contributed by atoms with Crippen LogP contribution in [-0.2, 0) is 0 Å². The lowest BCUT2D eigenvalue weighted by molar-refractivity contribution is 0.480. The van der Waals surface area contributed by atoms with Crippen molar-refractivity contribution in [2.75, 3.05) is 5.73 Å². The zero-order valence-corrected chi connectivity index (χ0v) is 11.8. The van der Waals surface area contributed by atoms with Gasteiger partial charge in [-0.3, -0.25) is 0 Å². The fraction of sp³-hybridized carbons (Fsp3) is 0.0588. The summed E-state index contributed by atoms with van der Waals surface area (Å²) in [5, 5.41) is 2.84. The average molecular weight is 284 g/mol. The third-order valence-corrected chi connectivity index (χ3v) is 3.57. The minimum Gasteiger partial charge on any atom is -0.457 e. The average Bonchev–Trinajstić information content (AvgIpc) is 2.44. The van der Waals surface area contributed by atoms with Gasteiger partial charge in [0, 0.05) is 6.07 Å². The predicted molar refractivity (Wildman–Crippen MR) is 84.6 cm³/mol. The minimum atomic E-state index is 0.506. The molecular formula is C17H14ClNO. The Labute approximate surface area is 122 Å². The molecule has 0 atom stereocenters. The Morgan fingerprint density at radius 1 is 0.950 bits per heavy atom. The summed E-state index contributed by atoms with van der Waals surface area (Å²) in [5.41, 5.74) is 7.29. The number of aryl methyl sites for hydroxylation is 1. The van der Waals surface area contributed by atoms with Gasteiger partial charge in [-0.25, -0.2) is 0 Å². The van der Waals surface area contributed by atoms with E-state index in [4.69, 9.17) is 22.1 Å². The zero-order chi connectivity index (χ0) is 14.1. The number of hydrogen-bond acceptors (Lipinski definition) is 2. The second kappa shape index (κ2) is 5.06. The number of rotatable bonds is 2. The zero-order valence-electron chi connectivity index (χ0n) is 11.1. The summed E-state index contributed by atoms with van der Waals surface area (Å²) >= 11 is 6.04. The van der Waals surface area contributed by atoms with E-state index in [-0.39, 0.29) is 0 Å². The van der Waals surface area contributed by atoms with E-state index < -0.39 is 0 Å². The number of halogens is 1. The van der Waals surface area contributed by atoms with Gasteiger partial charge in [-0.15, -0.1) is 0 Å². The fourth-order valence-corrected chi connectivity index (χ4v) is 2.31. The van der Waals surface area contributed by atoms with Gasteiger partial charge >= 0.3 is 0 Å². The van der Waals surface area contributed by atoms with Gasteiger partial charge in [0.15, 0.2) is 0 Å². The van der Waals surface area contributed by atoms with E-state index >= 15 is 0 Å². The highest BCUT2D eigenvalue weighted by molar-refractivity contribution is 6.33. The van der Waals surface area contributed by atoms with E-state index in [0.29, 0.717) is 10.7 Å². The van der Waals surface area contributed by atoms with E-state index in [9.17, 15) is 0 Å². The van der Waals surface area contributed by atoms with Crippen molar-refractivity contribution in [3.63, 3.8) is 0 Å². The number of fused-ring (bicyclic) bond motifs is 1. The molecule has 0 aromatic heterocycles. The molecule has 0 fully saturated rings. The van der Waals surface area contributed by atoms with Gasteiger partial charge < -0.3 is 10.5 Å². The molecule has 0 bridgehead atoms. The molecule has 0 aliphatic carbocycles. The van der Waals surface area contributed by atoms with Crippen molar-refractivity contribution in [3.8, 4) is 11.5 Å². The van der Waals surface area contributed by atoms with Crippen molar-refractivity contribution in [2.45, 2.75) is 6.92 Å². The Kier molecular flexibility index (Phi) is 3.25. The Bertz CT molecular complexity index is 783. The van der Waals surface area contributed by atoms with Crippen LogP contribution >= 0.6 is 11.6 Å². The van der Waals surface area contributed by atoms with Crippen LogP contribution in [0.15, 0.2) is 54.6 Å². The van der Waals surface area contributed by atoms with Gasteiger partial charge in [0.05, 0.1) is 10.7 Å². The van der Waals surface area contributed by atoms with Crippen LogP contribution in [0.4, 0.5) is 5.69 Å². The number of benzene rings is 3. The monoisotopic (exact) mass is 283 g/mol.